The van der Waals surface area contributed by atoms with E-state index in [1.807, 2.05) is 65.7 Å². The highest BCUT2D eigenvalue weighted by atomic mass is 79.9. The topological polar surface area (TPSA) is 112 Å². The van der Waals surface area contributed by atoms with E-state index in [0.717, 1.165) is 55.0 Å². The van der Waals surface area contributed by atoms with E-state index < -0.39 is 12.1 Å². The number of ether oxygens (including phenoxy) is 2. The maximum absolute atomic E-state index is 14.1. The van der Waals surface area contributed by atoms with Gasteiger partial charge in [-0.1, -0.05) is 36.4 Å². The van der Waals surface area contributed by atoms with E-state index in [-0.39, 0.29) is 5.91 Å². The molecule has 0 aliphatic carbocycles. The third-order valence-corrected chi connectivity index (χ3v) is 8.04. The Kier molecular flexibility index (Phi) is 10.2. The normalized spacial score (nSPS) is 16.2. The molecule has 1 atom stereocenters. The van der Waals surface area contributed by atoms with Crippen molar-refractivity contribution in [1.82, 2.24) is 20.5 Å². The molecule has 2 aliphatic rings. The molecule has 4 N–H and O–H groups in total. The van der Waals surface area contributed by atoms with Crippen molar-refractivity contribution in [2.75, 3.05) is 63.3 Å². The Morgan fingerprint density at radius 1 is 0.952 bits per heavy atom. The lowest BCUT2D eigenvalue weighted by Gasteiger charge is -2.33. The molecule has 11 heteroatoms. The standard InChI is InChI=1S/C31H37BrN6O4/c32-27-4-1-2-5-28(27)37-14-3-15-38(37)30(39)29(35-31(40)34-22-23-6-10-25(33)11-7-23)24-8-12-26(13-9-24)42-21-18-36-16-19-41-20-17-36/h1-2,4-13,29H,3,14-22,33H2,(H2,34,35,40)/t29-/m0/s1. The number of para-hydroxylation sites is 1. The molecule has 222 valence electrons. The largest absolute Gasteiger partial charge is 0.492 e. The van der Waals surface area contributed by atoms with Crippen molar-refractivity contribution in [3.63, 3.8) is 0 Å². The molecule has 0 unspecified atom stereocenters. The SMILES string of the molecule is Nc1ccc(CNC(=O)N[C@H](C(=O)N2CCCN2c2ccccc2Br)c2ccc(OCCN3CCOCC3)cc2)cc1. The van der Waals surface area contributed by atoms with Crippen LogP contribution in [0.1, 0.15) is 23.6 Å². The number of halogens is 1. The highest BCUT2D eigenvalue weighted by Gasteiger charge is 2.34. The molecular formula is C31H37BrN6O4. The molecule has 0 bridgehead atoms. The summed E-state index contributed by atoms with van der Waals surface area (Å²) in [6, 6.07) is 21.1. The van der Waals surface area contributed by atoms with Gasteiger partial charge in [0.05, 0.1) is 18.9 Å². The van der Waals surface area contributed by atoms with Crippen LogP contribution < -0.4 is 26.1 Å². The molecule has 10 nitrogen and oxygen atoms in total. The fourth-order valence-corrected chi connectivity index (χ4v) is 5.55. The third-order valence-electron chi connectivity index (χ3n) is 7.36. The number of morpholine rings is 1. The quantitative estimate of drug-likeness (QED) is 0.289. The summed E-state index contributed by atoms with van der Waals surface area (Å²) in [6.07, 6.45) is 0.819. The number of rotatable bonds is 10. The molecule has 0 spiro atoms. The maximum atomic E-state index is 14.1. The number of urea groups is 1. The first-order chi connectivity index (χ1) is 20.5. The number of hydrazine groups is 1. The molecule has 3 aromatic carbocycles. The van der Waals surface area contributed by atoms with E-state index in [1.54, 1.807) is 17.1 Å². The van der Waals surface area contributed by atoms with Crippen LogP contribution in [0.4, 0.5) is 16.2 Å². The highest BCUT2D eigenvalue weighted by Crippen LogP contribution is 2.31. The summed E-state index contributed by atoms with van der Waals surface area (Å²) in [7, 11) is 0. The number of nitrogens with zero attached hydrogens (tertiary/aromatic N) is 3. The van der Waals surface area contributed by atoms with Gasteiger partial charge in [0.25, 0.3) is 5.91 Å². The van der Waals surface area contributed by atoms with Crippen LogP contribution in [0.15, 0.2) is 77.3 Å². The van der Waals surface area contributed by atoms with Crippen LogP contribution in [0.2, 0.25) is 0 Å². The zero-order chi connectivity index (χ0) is 29.3. The molecule has 2 saturated heterocycles. The lowest BCUT2D eigenvalue weighted by molar-refractivity contribution is -0.132. The van der Waals surface area contributed by atoms with Crippen LogP contribution in [0.3, 0.4) is 0 Å². The maximum Gasteiger partial charge on any atom is 0.315 e. The summed E-state index contributed by atoms with van der Waals surface area (Å²) >= 11 is 3.62. The van der Waals surface area contributed by atoms with Crippen LogP contribution in [0.5, 0.6) is 5.75 Å². The number of benzene rings is 3. The Morgan fingerprint density at radius 2 is 1.69 bits per heavy atom. The fourth-order valence-electron chi connectivity index (χ4n) is 5.06. The molecule has 0 radical (unpaired) electrons. The van der Waals surface area contributed by atoms with E-state index in [2.05, 4.69) is 31.5 Å². The number of nitrogens with one attached hydrogen (secondary N) is 2. The third kappa shape index (κ3) is 7.72. The van der Waals surface area contributed by atoms with Gasteiger partial charge < -0.3 is 25.8 Å². The van der Waals surface area contributed by atoms with Crippen LogP contribution in [-0.2, 0) is 16.1 Å². The number of nitrogens with two attached hydrogens (primary N) is 1. The van der Waals surface area contributed by atoms with Gasteiger partial charge in [-0.15, -0.1) is 0 Å². The zero-order valence-corrected chi connectivity index (χ0v) is 25.1. The second kappa shape index (κ2) is 14.4. The molecule has 0 saturated carbocycles. The molecule has 0 aromatic heterocycles. The predicted molar refractivity (Wildman–Crippen MR) is 166 cm³/mol. The van der Waals surface area contributed by atoms with Gasteiger partial charge in [0.1, 0.15) is 18.4 Å². The number of hydrogen-bond acceptors (Lipinski definition) is 7. The average Bonchev–Trinajstić information content (AvgIpc) is 3.50. The minimum atomic E-state index is -0.901. The number of hydrogen-bond donors (Lipinski definition) is 3. The van der Waals surface area contributed by atoms with Gasteiger partial charge in [0, 0.05) is 49.4 Å². The van der Waals surface area contributed by atoms with E-state index in [1.165, 1.54) is 0 Å². The number of carbonyl (C=O) groups excluding carboxylic acids is 2. The van der Waals surface area contributed by atoms with Gasteiger partial charge in [-0.3, -0.25) is 19.7 Å². The molecule has 5 rings (SSSR count). The van der Waals surface area contributed by atoms with Gasteiger partial charge in [-0.25, -0.2) is 4.79 Å². The smallest absolute Gasteiger partial charge is 0.315 e. The highest BCUT2D eigenvalue weighted by molar-refractivity contribution is 9.10. The summed E-state index contributed by atoms with van der Waals surface area (Å²) < 4.78 is 12.3. The minimum Gasteiger partial charge on any atom is -0.492 e. The van der Waals surface area contributed by atoms with Gasteiger partial charge in [0.15, 0.2) is 0 Å². The lowest BCUT2D eigenvalue weighted by atomic mass is 10.1. The van der Waals surface area contributed by atoms with E-state index in [9.17, 15) is 9.59 Å². The van der Waals surface area contributed by atoms with Crippen LogP contribution in [-0.4, -0.2) is 74.4 Å². The van der Waals surface area contributed by atoms with Crippen molar-refractivity contribution in [2.24, 2.45) is 0 Å². The molecule has 42 heavy (non-hydrogen) atoms. The average molecular weight is 638 g/mol. The fraction of sp³-hybridized carbons (Fsp3) is 0.355. The Balaban J connectivity index is 1.29. The van der Waals surface area contributed by atoms with Crippen molar-refractivity contribution in [3.8, 4) is 5.75 Å². The molecule has 3 amide bonds. The summed E-state index contributed by atoms with van der Waals surface area (Å²) in [5, 5.41) is 9.47. The number of carbonyl (C=O) groups is 2. The number of nitrogen functional groups attached to an aromatic ring is 1. The van der Waals surface area contributed by atoms with Crippen LogP contribution in [0.25, 0.3) is 0 Å². The summed E-state index contributed by atoms with van der Waals surface area (Å²) in [5.74, 6) is 0.494. The van der Waals surface area contributed by atoms with Crippen molar-refractivity contribution in [3.05, 3.63) is 88.4 Å². The Bertz CT molecular complexity index is 1330. The van der Waals surface area contributed by atoms with Crippen LogP contribution in [0, 0.1) is 0 Å². The van der Waals surface area contributed by atoms with Crippen molar-refractivity contribution < 1.29 is 19.1 Å². The zero-order valence-electron chi connectivity index (χ0n) is 23.5. The first-order valence-corrected chi connectivity index (χ1v) is 15.0. The summed E-state index contributed by atoms with van der Waals surface area (Å²) in [4.78, 5) is 29.5. The second-order valence-corrected chi connectivity index (χ2v) is 11.1. The van der Waals surface area contributed by atoms with E-state index in [4.69, 9.17) is 15.2 Å². The van der Waals surface area contributed by atoms with Gasteiger partial charge in [-0.05, 0) is 69.9 Å². The first kappa shape index (κ1) is 29.7. The predicted octanol–water partition coefficient (Wildman–Crippen LogP) is 3.94. The van der Waals surface area contributed by atoms with Crippen molar-refractivity contribution in [1.29, 1.82) is 0 Å². The molecule has 2 fully saturated rings. The summed E-state index contributed by atoms with van der Waals surface area (Å²) in [5.41, 5.74) is 8.90. The Labute approximate surface area is 254 Å². The molecule has 2 heterocycles. The van der Waals surface area contributed by atoms with E-state index in [0.29, 0.717) is 43.2 Å². The van der Waals surface area contributed by atoms with Gasteiger partial charge in [0.2, 0.25) is 0 Å². The molecule has 2 aliphatic heterocycles. The second-order valence-electron chi connectivity index (χ2n) is 10.3. The lowest BCUT2D eigenvalue weighted by Crippen LogP contribution is -2.49. The van der Waals surface area contributed by atoms with E-state index >= 15 is 0 Å². The molecule has 3 aromatic rings. The van der Waals surface area contributed by atoms with Crippen LogP contribution >= 0.6 is 15.9 Å². The summed E-state index contributed by atoms with van der Waals surface area (Å²) in [6.45, 7) is 6.24. The number of anilines is 2. The van der Waals surface area contributed by atoms with Gasteiger partial charge in [-0.2, -0.15) is 0 Å². The first-order valence-electron chi connectivity index (χ1n) is 14.2. The van der Waals surface area contributed by atoms with Gasteiger partial charge >= 0.3 is 6.03 Å². The monoisotopic (exact) mass is 636 g/mol. The Hall–Kier alpha value is -3.80. The Morgan fingerprint density at radius 3 is 2.43 bits per heavy atom. The van der Waals surface area contributed by atoms with Crippen molar-refractivity contribution >= 4 is 39.2 Å². The molecular weight excluding hydrogens is 600 g/mol. The van der Waals surface area contributed by atoms with Crippen molar-refractivity contribution in [2.45, 2.75) is 19.0 Å². The number of amides is 3. The minimum absolute atomic E-state index is 0.216.